The molecule has 186 valence electrons. The molecular formula is C29H27N5O3. The molecule has 1 amide bonds. The Labute approximate surface area is 215 Å². The number of aliphatic hydroxyl groups is 1. The minimum atomic E-state index is -0.188. The molecule has 0 saturated heterocycles. The number of rotatable bonds is 8. The van der Waals surface area contributed by atoms with Crippen LogP contribution in [0.15, 0.2) is 72.8 Å². The Balaban J connectivity index is 1.44. The third-order valence-corrected chi connectivity index (χ3v) is 6.55. The van der Waals surface area contributed by atoms with Gasteiger partial charge in [0.1, 0.15) is 17.5 Å². The van der Waals surface area contributed by atoms with Crippen LogP contribution in [0.1, 0.15) is 27.3 Å². The number of hydrogen-bond acceptors (Lipinski definition) is 6. The molecule has 4 aromatic rings. The first-order valence-corrected chi connectivity index (χ1v) is 12.1. The third kappa shape index (κ3) is 4.70. The molecule has 1 aliphatic rings. The van der Waals surface area contributed by atoms with Crippen LogP contribution >= 0.6 is 0 Å². The maximum Gasteiger partial charge on any atom is 0.277 e. The Bertz CT molecular complexity index is 1450. The summed E-state index contributed by atoms with van der Waals surface area (Å²) in [7, 11) is 1.60. The van der Waals surface area contributed by atoms with E-state index < -0.39 is 0 Å². The van der Waals surface area contributed by atoms with Crippen molar-refractivity contribution in [3.63, 3.8) is 0 Å². The molecular weight excluding hydrogens is 466 g/mol. The first kappa shape index (κ1) is 24.3. The first-order valence-electron chi connectivity index (χ1n) is 12.1. The molecule has 0 fully saturated rings. The molecule has 2 heterocycles. The van der Waals surface area contributed by atoms with E-state index in [2.05, 4.69) is 28.6 Å². The molecule has 0 saturated carbocycles. The number of carbonyl (C=O) groups is 1. The van der Waals surface area contributed by atoms with Gasteiger partial charge in [-0.05, 0) is 59.5 Å². The number of benzene rings is 3. The number of fused-ring (bicyclic) bond motifs is 1. The summed E-state index contributed by atoms with van der Waals surface area (Å²) in [5.41, 5.74) is 6.13. The number of methoxy groups -OCH3 is 1. The van der Waals surface area contributed by atoms with E-state index in [-0.39, 0.29) is 18.2 Å². The lowest BCUT2D eigenvalue weighted by molar-refractivity contribution is 0.0973. The lowest BCUT2D eigenvalue weighted by Gasteiger charge is -2.28. The van der Waals surface area contributed by atoms with Crippen LogP contribution in [-0.4, -0.2) is 47.6 Å². The molecule has 37 heavy (non-hydrogen) atoms. The van der Waals surface area contributed by atoms with Crippen molar-refractivity contribution in [2.75, 3.05) is 31.7 Å². The smallest absolute Gasteiger partial charge is 0.277 e. The summed E-state index contributed by atoms with van der Waals surface area (Å²) in [6.45, 7) is 1.75. The highest BCUT2D eigenvalue weighted by Gasteiger charge is 2.33. The van der Waals surface area contributed by atoms with Gasteiger partial charge in [0, 0.05) is 30.9 Å². The minimum Gasteiger partial charge on any atom is -0.497 e. The topological polar surface area (TPSA) is 103 Å². The van der Waals surface area contributed by atoms with Crippen LogP contribution in [0, 0.1) is 11.3 Å². The number of amides is 1. The number of hydrogen-bond donors (Lipinski definition) is 2. The van der Waals surface area contributed by atoms with E-state index in [1.807, 2.05) is 48.5 Å². The molecule has 1 aliphatic heterocycles. The van der Waals surface area contributed by atoms with E-state index in [4.69, 9.17) is 9.84 Å². The van der Waals surface area contributed by atoms with Crippen LogP contribution in [0.4, 0.5) is 5.69 Å². The average molecular weight is 494 g/mol. The number of aliphatic hydroxyl groups excluding tert-OH is 1. The zero-order chi connectivity index (χ0) is 25.8. The van der Waals surface area contributed by atoms with Gasteiger partial charge in [-0.15, -0.1) is 0 Å². The molecule has 0 radical (unpaired) electrons. The fourth-order valence-electron chi connectivity index (χ4n) is 4.69. The number of aromatic nitrogens is 2. The first-order chi connectivity index (χ1) is 18.1. The van der Waals surface area contributed by atoms with Crippen LogP contribution in [0.3, 0.4) is 0 Å². The summed E-state index contributed by atoms with van der Waals surface area (Å²) >= 11 is 0. The van der Waals surface area contributed by atoms with Gasteiger partial charge in [0.25, 0.3) is 5.91 Å². The van der Waals surface area contributed by atoms with Gasteiger partial charge in [-0.2, -0.15) is 10.4 Å². The highest BCUT2D eigenvalue weighted by atomic mass is 16.5. The molecule has 0 atom stereocenters. The molecule has 2 N–H and O–H groups in total. The van der Waals surface area contributed by atoms with Crippen LogP contribution in [-0.2, 0) is 13.0 Å². The molecule has 3 aromatic carbocycles. The van der Waals surface area contributed by atoms with E-state index >= 15 is 0 Å². The molecule has 0 bridgehead atoms. The van der Waals surface area contributed by atoms with Gasteiger partial charge in [0.15, 0.2) is 5.69 Å². The van der Waals surface area contributed by atoms with Crippen molar-refractivity contribution >= 4 is 11.6 Å². The molecule has 8 heteroatoms. The second-order valence-electron chi connectivity index (χ2n) is 8.71. The van der Waals surface area contributed by atoms with E-state index in [1.165, 1.54) is 0 Å². The Morgan fingerprint density at radius 1 is 1.05 bits per heavy atom. The zero-order valence-corrected chi connectivity index (χ0v) is 20.5. The van der Waals surface area contributed by atoms with Gasteiger partial charge < -0.3 is 20.1 Å². The lowest BCUT2D eigenvalue weighted by atomic mass is 9.98. The van der Waals surface area contributed by atoms with Crippen molar-refractivity contribution < 1.29 is 14.6 Å². The Morgan fingerprint density at radius 3 is 2.49 bits per heavy atom. The molecule has 1 aromatic heterocycles. The predicted molar refractivity (Wildman–Crippen MR) is 141 cm³/mol. The lowest BCUT2D eigenvalue weighted by Crippen LogP contribution is -2.38. The molecule has 0 unspecified atom stereocenters. The number of carbonyl (C=O) groups excluding carboxylic acids is 1. The Morgan fingerprint density at radius 2 is 1.78 bits per heavy atom. The van der Waals surface area contributed by atoms with Gasteiger partial charge in [0.05, 0.1) is 19.4 Å². The number of nitrogens with one attached hydrogen (secondary N) is 1. The number of nitrogens with zero attached hydrogens (tertiary/aromatic N) is 4. The maximum atomic E-state index is 13.7. The van der Waals surface area contributed by atoms with Crippen LogP contribution in [0.2, 0.25) is 0 Å². The largest absolute Gasteiger partial charge is 0.497 e. The van der Waals surface area contributed by atoms with E-state index in [0.29, 0.717) is 48.7 Å². The predicted octanol–water partition coefficient (Wildman–Crippen LogP) is 3.70. The van der Waals surface area contributed by atoms with E-state index in [1.54, 1.807) is 28.8 Å². The number of anilines is 1. The maximum absolute atomic E-state index is 13.7. The van der Waals surface area contributed by atoms with Crippen molar-refractivity contribution in [2.24, 2.45) is 0 Å². The van der Waals surface area contributed by atoms with Crippen molar-refractivity contribution in [2.45, 2.75) is 13.0 Å². The fraction of sp³-hybridized carbons (Fsp3) is 0.207. The van der Waals surface area contributed by atoms with Gasteiger partial charge in [-0.25, -0.2) is 4.68 Å². The van der Waals surface area contributed by atoms with Gasteiger partial charge in [-0.3, -0.25) is 4.79 Å². The number of ether oxygens (including phenoxy) is 1. The highest BCUT2D eigenvalue weighted by molar-refractivity contribution is 6.07. The molecule has 8 nitrogen and oxygen atoms in total. The summed E-state index contributed by atoms with van der Waals surface area (Å²) in [4.78, 5) is 15.5. The highest BCUT2D eigenvalue weighted by Crippen LogP contribution is 2.31. The summed E-state index contributed by atoms with van der Waals surface area (Å²) in [6.07, 6.45) is 0.543. The monoisotopic (exact) mass is 493 g/mol. The average Bonchev–Trinajstić information content (AvgIpc) is 3.33. The van der Waals surface area contributed by atoms with Crippen molar-refractivity contribution in [3.8, 4) is 28.6 Å². The van der Waals surface area contributed by atoms with E-state index in [9.17, 15) is 10.1 Å². The minimum absolute atomic E-state index is 0.0929. The van der Waals surface area contributed by atoms with Crippen LogP contribution < -0.4 is 15.0 Å². The van der Waals surface area contributed by atoms with Crippen molar-refractivity contribution in [1.82, 2.24) is 15.1 Å². The molecule has 0 aliphatic carbocycles. The third-order valence-electron chi connectivity index (χ3n) is 6.55. The summed E-state index contributed by atoms with van der Waals surface area (Å²) in [5.74, 6) is 0.511. The second kappa shape index (κ2) is 10.7. The van der Waals surface area contributed by atoms with Crippen molar-refractivity contribution in [3.05, 3.63) is 95.3 Å². The summed E-state index contributed by atoms with van der Waals surface area (Å²) in [5, 5.41) is 26.4. The van der Waals surface area contributed by atoms with E-state index in [0.717, 1.165) is 22.4 Å². The van der Waals surface area contributed by atoms with Crippen LogP contribution in [0.5, 0.6) is 5.75 Å². The zero-order valence-electron chi connectivity index (χ0n) is 20.5. The standard InChI is InChI=1S/C29H27N5O3/c1-37-24-12-10-23(11-13-24)34-28-26(27(18-30)32-34)14-16-33(29(28)36)22-8-6-20(7-9-22)25-5-3-2-4-21(25)19-31-15-17-35/h2-13,31,35H,14-17,19H2,1H3. The Hall–Kier alpha value is -4.45. The summed E-state index contributed by atoms with van der Waals surface area (Å²) in [6, 6.07) is 25.5. The quantitative estimate of drug-likeness (QED) is 0.363. The fourth-order valence-corrected chi connectivity index (χ4v) is 4.69. The summed E-state index contributed by atoms with van der Waals surface area (Å²) < 4.78 is 6.80. The van der Waals surface area contributed by atoms with Crippen LogP contribution in [0.25, 0.3) is 16.8 Å². The van der Waals surface area contributed by atoms with Gasteiger partial charge >= 0.3 is 0 Å². The number of nitriles is 1. The molecule has 5 rings (SSSR count). The second-order valence-corrected chi connectivity index (χ2v) is 8.71. The van der Waals surface area contributed by atoms with Crippen molar-refractivity contribution in [1.29, 1.82) is 5.26 Å². The Kier molecular flexibility index (Phi) is 6.99. The van der Waals surface area contributed by atoms with Gasteiger partial charge in [-0.1, -0.05) is 36.4 Å². The van der Waals surface area contributed by atoms with Gasteiger partial charge in [0.2, 0.25) is 0 Å². The molecule has 0 spiro atoms. The normalized spacial score (nSPS) is 12.8. The SMILES string of the molecule is COc1ccc(-n2nc(C#N)c3c2C(=O)N(c2ccc(-c4ccccc4CNCCO)cc2)CC3)cc1.